The number of allylic oxidation sites excluding steroid dienone is 2. The number of Topliss-reactive ketones (excluding diaryl/α,β-unsaturated/α-hetero) is 1. The summed E-state index contributed by atoms with van der Waals surface area (Å²) in [5.41, 5.74) is 0.868. The predicted octanol–water partition coefficient (Wildman–Crippen LogP) is 3.66. The van der Waals surface area contributed by atoms with Gasteiger partial charge in [-0.2, -0.15) is 0 Å². The van der Waals surface area contributed by atoms with Crippen LogP contribution >= 0.6 is 0 Å². The summed E-state index contributed by atoms with van der Waals surface area (Å²) in [6, 6.07) is 0. The van der Waals surface area contributed by atoms with E-state index in [1.807, 2.05) is 0 Å². The number of rotatable bonds is 9. The van der Waals surface area contributed by atoms with Crippen LogP contribution in [-0.2, 0) is 23.8 Å². The third-order valence-electron chi connectivity index (χ3n) is 4.45. The molecule has 1 aliphatic carbocycles. The van der Waals surface area contributed by atoms with Crippen LogP contribution in [0.25, 0.3) is 0 Å². The highest BCUT2D eigenvalue weighted by Gasteiger charge is 2.26. The van der Waals surface area contributed by atoms with Crippen molar-refractivity contribution < 1.29 is 23.8 Å². The van der Waals surface area contributed by atoms with Crippen molar-refractivity contribution in [2.24, 2.45) is 0 Å². The smallest absolute Gasteiger partial charge is 0.305 e. The molecule has 1 saturated heterocycles. The minimum Gasteiger partial charge on any atom is -0.469 e. The van der Waals surface area contributed by atoms with E-state index >= 15 is 0 Å². The lowest BCUT2D eigenvalue weighted by atomic mass is 10.0. The SMILES string of the molecule is COC(=O)CCCCCCC1=C(O[C@@H]2CCCCO2)CCC1=O. The summed E-state index contributed by atoms with van der Waals surface area (Å²) < 4.78 is 16.2. The summed E-state index contributed by atoms with van der Waals surface area (Å²) >= 11 is 0. The van der Waals surface area contributed by atoms with Crippen LogP contribution in [0.5, 0.6) is 0 Å². The average Bonchev–Trinajstić information content (AvgIpc) is 2.91. The molecule has 0 aromatic heterocycles. The number of esters is 1. The second-order valence-electron chi connectivity index (χ2n) is 6.23. The number of unbranched alkanes of at least 4 members (excludes halogenated alkanes) is 3. The topological polar surface area (TPSA) is 61.8 Å². The quantitative estimate of drug-likeness (QED) is 0.478. The molecule has 0 saturated carbocycles. The maximum Gasteiger partial charge on any atom is 0.305 e. The van der Waals surface area contributed by atoms with Crippen LogP contribution < -0.4 is 0 Å². The third kappa shape index (κ3) is 5.98. The van der Waals surface area contributed by atoms with Gasteiger partial charge >= 0.3 is 5.97 Å². The Morgan fingerprint density at radius 2 is 2.00 bits per heavy atom. The summed E-state index contributed by atoms with van der Waals surface area (Å²) in [7, 11) is 1.41. The van der Waals surface area contributed by atoms with E-state index in [1.165, 1.54) is 7.11 Å². The molecule has 0 radical (unpaired) electrons. The van der Waals surface area contributed by atoms with Gasteiger partial charge < -0.3 is 14.2 Å². The molecule has 5 heteroatoms. The molecule has 1 aliphatic heterocycles. The zero-order chi connectivity index (χ0) is 16.5. The van der Waals surface area contributed by atoms with Crippen molar-refractivity contribution in [3.8, 4) is 0 Å². The van der Waals surface area contributed by atoms with Crippen LogP contribution in [-0.4, -0.2) is 31.8 Å². The molecule has 0 amide bonds. The van der Waals surface area contributed by atoms with E-state index in [-0.39, 0.29) is 18.0 Å². The summed E-state index contributed by atoms with van der Waals surface area (Å²) in [4.78, 5) is 23.1. The fourth-order valence-corrected chi connectivity index (χ4v) is 3.08. The molecule has 5 nitrogen and oxygen atoms in total. The lowest BCUT2D eigenvalue weighted by Crippen LogP contribution is -2.22. The van der Waals surface area contributed by atoms with E-state index in [2.05, 4.69) is 4.74 Å². The number of ether oxygens (including phenoxy) is 3. The molecule has 0 aromatic rings. The van der Waals surface area contributed by atoms with Gasteiger partial charge in [0.2, 0.25) is 0 Å². The minimum absolute atomic E-state index is 0.151. The molecule has 0 unspecified atom stereocenters. The van der Waals surface area contributed by atoms with Gasteiger partial charge in [0.05, 0.1) is 13.7 Å². The van der Waals surface area contributed by atoms with Crippen molar-refractivity contribution in [1.29, 1.82) is 0 Å². The molecule has 0 spiro atoms. The van der Waals surface area contributed by atoms with Crippen molar-refractivity contribution in [3.63, 3.8) is 0 Å². The number of methoxy groups -OCH3 is 1. The van der Waals surface area contributed by atoms with E-state index in [1.54, 1.807) is 0 Å². The van der Waals surface area contributed by atoms with Crippen LogP contribution in [0, 0.1) is 0 Å². The van der Waals surface area contributed by atoms with Crippen LogP contribution in [0.15, 0.2) is 11.3 Å². The maximum absolute atomic E-state index is 12.0. The Hall–Kier alpha value is -1.36. The van der Waals surface area contributed by atoms with E-state index in [0.29, 0.717) is 12.8 Å². The maximum atomic E-state index is 12.0. The summed E-state index contributed by atoms with van der Waals surface area (Å²) in [6.45, 7) is 0.751. The predicted molar refractivity (Wildman–Crippen MR) is 85.7 cm³/mol. The van der Waals surface area contributed by atoms with Gasteiger partial charge in [-0.3, -0.25) is 9.59 Å². The van der Waals surface area contributed by atoms with Crippen LogP contribution in [0.4, 0.5) is 0 Å². The van der Waals surface area contributed by atoms with E-state index in [4.69, 9.17) is 9.47 Å². The Bertz CT molecular complexity index is 435. The summed E-state index contributed by atoms with van der Waals surface area (Å²) in [6.07, 6.45) is 9.32. The van der Waals surface area contributed by atoms with Crippen molar-refractivity contribution in [2.75, 3.05) is 13.7 Å². The van der Waals surface area contributed by atoms with Gasteiger partial charge in [-0.25, -0.2) is 0 Å². The number of hydrogen-bond donors (Lipinski definition) is 0. The van der Waals surface area contributed by atoms with Crippen LogP contribution in [0.1, 0.15) is 70.6 Å². The third-order valence-corrected chi connectivity index (χ3v) is 4.45. The van der Waals surface area contributed by atoms with Gasteiger partial charge in [-0.1, -0.05) is 12.8 Å². The normalized spacial score (nSPS) is 21.6. The first kappa shape index (κ1) is 18.0. The molecule has 1 atom stereocenters. The number of hydrogen-bond acceptors (Lipinski definition) is 5. The fourth-order valence-electron chi connectivity index (χ4n) is 3.08. The first-order valence-corrected chi connectivity index (χ1v) is 8.81. The Morgan fingerprint density at radius 1 is 1.17 bits per heavy atom. The Labute approximate surface area is 138 Å². The number of ketones is 1. The second kappa shape index (κ2) is 9.71. The van der Waals surface area contributed by atoms with E-state index in [9.17, 15) is 9.59 Å². The first-order valence-electron chi connectivity index (χ1n) is 8.81. The molecule has 2 rings (SSSR count). The standard InChI is InChI=1S/C18H28O5/c1-21-17(20)9-5-3-2-4-8-14-15(19)11-12-16(14)23-18-10-6-7-13-22-18/h18H,2-13H2,1H3/t18-/m1/s1. The zero-order valence-electron chi connectivity index (χ0n) is 14.1. The van der Waals surface area contributed by atoms with Gasteiger partial charge in [0, 0.05) is 31.3 Å². The number of carbonyl (C=O) groups excluding carboxylic acids is 2. The Balaban J connectivity index is 1.70. The molecular formula is C18H28O5. The van der Waals surface area contributed by atoms with Crippen LogP contribution in [0.3, 0.4) is 0 Å². The zero-order valence-corrected chi connectivity index (χ0v) is 14.1. The van der Waals surface area contributed by atoms with Gasteiger partial charge in [0.1, 0.15) is 5.76 Å². The van der Waals surface area contributed by atoms with E-state index in [0.717, 1.165) is 75.7 Å². The highest BCUT2D eigenvalue weighted by molar-refractivity contribution is 5.98. The minimum atomic E-state index is -0.167. The summed E-state index contributed by atoms with van der Waals surface area (Å²) in [5.74, 6) is 0.934. The lowest BCUT2D eigenvalue weighted by molar-refractivity contribution is -0.141. The molecule has 130 valence electrons. The van der Waals surface area contributed by atoms with Gasteiger partial charge in [0.15, 0.2) is 12.1 Å². The monoisotopic (exact) mass is 324 g/mol. The van der Waals surface area contributed by atoms with Crippen molar-refractivity contribution in [3.05, 3.63) is 11.3 Å². The molecule has 0 bridgehead atoms. The highest BCUT2D eigenvalue weighted by atomic mass is 16.7. The van der Waals surface area contributed by atoms with Gasteiger partial charge in [-0.15, -0.1) is 0 Å². The van der Waals surface area contributed by atoms with Crippen molar-refractivity contribution >= 4 is 11.8 Å². The molecule has 0 N–H and O–H groups in total. The second-order valence-corrected chi connectivity index (χ2v) is 6.23. The number of carbonyl (C=O) groups is 2. The van der Waals surface area contributed by atoms with Crippen molar-refractivity contribution in [1.82, 2.24) is 0 Å². The summed E-state index contributed by atoms with van der Waals surface area (Å²) in [5, 5.41) is 0. The van der Waals surface area contributed by atoms with Crippen LogP contribution in [0.2, 0.25) is 0 Å². The lowest BCUT2D eigenvalue weighted by Gasteiger charge is -2.24. The molecule has 1 fully saturated rings. The first-order chi connectivity index (χ1) is 11.2. The largest absolute Gasteiger partial charge is 0.469 e. The average molecular weight is 324 g/mol. The molecule has 1 heterocycles. The Kier molecular flexibility index (Phi) is 7.59. The van der Waals surface area contributed by atoms with Gasteiger partial charge in [-0.05, 0) is 32.1 Å². The highest BCUT2D eigenvalue weighted by Crippen LogP contribution is 2.30. The van der Waals surface area contributed by atoms with E-state index < -0.39 is 0 Å². The van der Waals surface area contributed by atoms with Crippen molar-refractivity contribution in [2.45, 2.75) is 76.9 Å². The molecule has 23 heavy (non-hydrogen) atoms. The Morgan fingerprint density at radius 3 is 2.74 bits per heavy atom. The molecule has 0 aromatic carbocycles. The fraction of sp³-hybridized carbons (Fsp3) is 0.778. The molecular weight excluding hydrogens is 296 g/mol. The molecule has 2 aliphatic rings. The van der Waals surface area contributed by atoms with Gasteiger partial charge in [0.25, 0.3) is 0 Å².